The number of carboxylic acid groups (broad SMARTS) is 3. The lowest BCUT2D eigenvalue weighted by Gasteiger charge is -2.15. The molecule has 54 heavy (non-hydrogen) atoms. The summed E-state index contributed by atoms with van der Waals surface area (Å²) >= 11 is 0. The Morgan fingerprint density at radius 2 is 0.500 bits per heavy atom. The minimum atomic E-state index is -2.57. The van der Waals surface area contributed by atoms with Crippen molar-refractivity contribution in [3.63, 3.8) is 0 Å². The van der Waals surface area contributed by atoms with Crippen LogP contribution in [-0.4, -0.2) is 50.9 Å². The first-order valence-electron chi connectivity index (χ1n) is 13.4. The Hall–Kier alpha value is -7.14. The van der Waals surface area contributed by atoms with Crippen LogP contribution in [0.4, 0.5) is 69.7 Å². The Morgan fingerprint density at radius 1 is 0.333 bits per heavy atom. The summed E-state index contributed by atoms with van der Waals surface area (Å²) in [6.45, 7) is 0. The van der Waals surface area contributed by atoms with E-state index in [0.29, 0.717) is 0 Å². The van der Waals surface area contributed by atoms with Gasteiger partial charge in [-0.15, -0.1) is 0 Å². The number of hydrogen-bond acceptors (Lipinski definition) is 6. The zero-order valence-electron chi connectivity index (χ0n) is 25.1. The van der Waals surface area contributed by atoms with E-state index in [1.54, 1.807) is 0 Å². The van der Waals surface area contributed by atoms with Crippen molar-refractivity contribution in [2.24, 2.45) is 0 Å². The van der Waals surface area contributed by atoms with Gasteiger partial charge in [-0.3, -0.25) is 14.4 Å². The number of carbonyl (C=O) groups is 6. The largest absolute Gasteiger partial charge is 0.477 e. The number of carboxylic acids is 3. The SMILES string of the molecule is O=C(Nc1c(F)c(F)c(C(=O)O)c(F)c1F)c1cc(C(=O)Nc2c(F)c(F)c(C(=O)O)c(F)c2F)cc(C(=O)Nc2c(F)c(F)c(C(=O)O)c(F)c2F)c1. The number of benzene rings is 4. The van der Waals surface area contributed by atoms with Crippen LogP contribution in [0.25, 0.3) is 0 Å². The normalized spacial score (nSPS) is 10.9. The van der Waals surface area contributed by atoms with Gasteiger partial charge in [0.15, 0.2) is 69.8 Å². The van der Waals surface area contributed by atoms with Gasteiger partial charge in [-0.05, 0) is 18.2 Å². The zero-order valence-corrected chi connectivity index (χ0v) is 25.1. The highest BCUT2D eigenvalue weighted by Gasteiger charge is 2.34. The Morgan fingerprint density at radius 3 is 0.648 bits per heavy atom. The average Bonchev–Trinajstić information content (AvgIpc) is 3.10. The molecule has 0 atom stereocenters. The summed E-state index contributed by atoms with van der Waals surface area (Å²) in [6, 6.07) is 0.601. The monoisotopic (exact) mass is 783 g/mol. The van der Waals surface area contributed by atoms with E-state index in [2.05, 4.69) is 0 Å². The quantitative estimate of drug-likeness (QED) is 0.0845. The van der Waals surface area contributed by atoms with Gasteiger partial charge in [0, 0.05) is 16.7 Å². The molecule has 0 spiro atoms. The molecule has 0 aliphatic carbocycles. The summed E-state index contributed by atoms with van der Waals surface area (Å²) in [4.78, 5) is 72.1. The molecule has 3 amide bonds. The fourth-order valence-electron chi connectivity index (χ4n) is 4.37. The lowest BCUT2D eigenvalue weighted by atomic mass is 10.0. The van der Waals surface area contributed by atoms with Crippen molar-refractivity contribution >= 4 is 52.7 Å². The molecular weight excluding hydrogens is 774 g/mol. The molecule has 4 aromatic carbocycles. The number of hydrogen-bond donors (Lipinski definition) is 6. The second-order valence-electron chi connectivity index (χ2n) is 10.1. The summed E-state index contributed by atoms with van der Waals surface area (Å²) in [5.74, 6) is -44.3. The van der Waals surface area contributed by atoms with Crippen LogP contribution in [0.3, 0.4) is 0 Å². The maximum absolute atomic E-state index is 14.6. The third-order valence-electron chi connectivity index (χ3n) is 6.87. The molecule has 0 aromatic heterocycles. The van der Waals surface area contributed by atoms with Gasteiger partial charge in [0.2, 0.25) is 0 Å². The van der Waals surface area contributed by atoms with Gasteiger partial charge in [0.1, 0.15) is 33.8 Å². The van der Waals surface area contributed by atoms with Gasteiger partial charge in [-0.25, -0.2) is 67.1 Å². The second-order valence-corrected chi connectivity index (χ2v) is 10.1. The zero-order chi connectivity index (χ0) is 40.8. The number of rotatable bonds is 9. The lowest BCUT2D eigenvalue weighted by molar-refractivity contribution is 0.0672. The Labute approximate surface area is 287 Å². The summed E-state index contributed by atoms with van der Waals surface area (Å²) in [6.07, 6.45) is 0. The van der Waals surface area contributed by atoms with Crippen LogP contribution >= 0.6 is 0 Å². The first-order chi connectivity index (χ1) is 25.0. The molecule has 4 rings (SSSR count). The molecule has 0 unspecified atom stereocenters. The summed E-state index contributed by atoms with van der Waals surface area (Å²) < 4.78 is 173. The highest BCUT2D eigenvalue weighted by molar-refractivity contribution is 6.13. The van der Waals surface area contributed by atoms with Crippen LogP contribution in [0, 0.1) is 69.8 Å². The summed E-state index contributed by atoms with van der Waals surface area (Å²) in [5.41, 5.74) is -16.6. The van der Waals surface area contributed by atoms with Crippen molar-refractivity contribution in [2.45, 2.75) is 0 Å². The second kappa shape index (κ2) is 14.5. The number of nitrogens with one attached hydrogen (secondary N) is 3. The van der Waals surface area contributed by atoms with Crippen molar-refractivity contribution < 1.29 is 96.8 Å². The standard InChI is InChI=1S/C30H9F12N3O9/c31-10-7(28(49)50)11(32)17(38)22(16(10)37)43-25(46)4-1-5(26(47)44-23-18(39)12(33)8(29(51)52)13(34)19(23)40)3-6(2-4)27(48)45-24-20(41)14(35)9(30(53)54)15(36)21(24)42/h1-3H,(H,43,46)(H,44,47)(H,45,48)(H,49,50)(H,51,52)(H,53,54). The van der Waals surface area contributed by atoms with E-state index < -0.39 is 156 Å². The van der Waals surface area contributed by atoms with Gasteiger partial charge in [0.25, 0.3) is 17.7 Å². The molecule has 0 aliphatic heterocycles. The van der Waals surface area contributed by atoms with E-state index >= 15 is 0 Å². The van der Waals surface area contributed by atoms with Crippen molar-refractivity contribution in [1.29, 1.82) is 0 Å². The molecule has 0 radical (unpaired) electrons. The Kier molecular flexibility index (Phi) is 10.6. The van der Waals surface area contributed by atoms with Gasteiger partial charge >= 0.3 is 17.9 Å². The molecule has 4 aromatic rings. The van der Waals surface area contributed by atoms with Crippen LogP contribution < -0.4 is 16.0 Å². The summed E-state index contributed by atoms with van der Waals surface area (Å²) in [7, 11) is 0. The molecule has 282 valence electrons. The predicted octanol–water partition coefficient (Wildman–Crippen LogP) is 6.21. The topological polar surface area (TPSA) is 199 Å². The Balaban J connectivity index is 1.88. The third-order valence-corrected chi connectivity index (χ3v) is 6.87. The average molecular weight is 783 g/mol. The minimum Gasteiger partial charge on any atom is -0.477 e. The molecule has 0 fully saturated rings. The van der Waals surface area contributed by atoms with E-state index in [4.69, 9.17) is 15.3 Å². The van der Waals surface area contributed by atoms with E-state index in [1.807, 2.05) is 0 Å². The summed E-state index contributed by atoms with van der Waals surface area (Å²) in [5, 5.41) is 30.1. The molecule has 0 bridgehead atoms. The first-order valence-corrected chi connectivity index (χ1v) is 13.4. The third kappa shape index (κ3) is 6.78. The molecule has 0 saturated heterocycles. The fraction of sp³-hybridized carbons (Fsp3) is 0. The van der Waals surface area contributed by atoms with Crippen LogP contribution in [0.15, 0.2) is 18.2 Å². The first kappa shape index (κ1) is 39.6. The number of amides is 3. The van der Waals surface area contributed by atoms with Gasteiger partial charge in [0.05, 0.1) is 0 Å². The highest BCUT2D eigenvalue weighted by atomic mass is 19.2. The highest BCUT2D eigenvalue weighted by Crippen LogP contribution is 2.32. The van der Waals surface area contributed by atoms with Crippen molar-refractivity contribution in [1.82, 2.24) is 0 Å². The molecule has 6 N–H and O–H groups in total. The van der Waals surface area contributed by atoms with Gasteiger partial charge in [-0.1, -0.05) is 0 Å². The number of anilines is 3. The van der Waals surface area contributed by atoms with E-state index in [0.717, 1.165) is 0 Å². The van der Waals surface area contributed by atoms with Crippen molar-refractivity contribution in [3.05, 3.63) is 121 Å². The molecule has 0 heterocycles. The molecule has 0 aliphatic rings. The number of halogens is 12. The van der Waals surface area contributed by atoms with Crippen molar-refractivity contribution in [2.75, 3.05) is 16.0 Å². The molecule has 24 heteroatoms. The Bertz CT molecular complexity index is 2050. The maximum atomic E-state index is 14.6. The van der Waals surface area contributed by atoms with E-state index in [-0.39, 0.29) is 18.2 Å². The number of carbonyl (C=O) groups excluding carboxylic acids is 3. The fourth-order valence-corrected chi connectivity index (χ4v) is 4.37. The smallest absolute Gasteiger partial charge is 0.341 e. The van der Waals surface area contributed by atoms with Crippen LogP contribution in [0.2, 0.25) is 0 Å². The maximum Gasteiger partial charge on any atom is 0.341 e. The number of aromatic carboxylic acids is 3. The molecule has 0 saturated carbocycles. The molecule has 12 nitrogen and oxygen atoms in total. The van der Waals surface area contributed by atoms with Crippen LogP contribution in [0.5, 0.6) is 0 Å². The van der Waals surface area contributed by atoms with Crippen molar-refractivity contribution in [3.8, 4) is 0 Å². The van der Waals surface area contributed by atoms with Gasteiger partial charge in [-0.2, -0.15) is 0 Å². The predicted molar refractivity (Wildman–Crippen MR) is 150 cm³/mol. The molecular formula is C30H9F12N3O9. The van der Waals surface area contributed by atoms with Crippen LogP contribution in [0.1, 0.15) is 62.1 Å². The van der Waals surface area contributed by atoms with E-state index in [1.165, 1.54) is 16.0 Å². The van der Waals surface area contributed by atoms with Gasteiger partial charge < -0.3 is 31.3 Å². The van der Waals surface area contributed by atoms with E-state index in [9.17, 15) is 81.5 Å². The lowest BCUT2D eigenvalue weighted by Crippen LogP contribution is -2.23. The van der Waals surface area contributed by atoms with Crippen LogP contribution in [-0.2, 0) is 0 Å². The minimum absolute atomic E-state index is 0.200.